The lowest BCUT2D eigenvalue weighted by molar-refractivity contribution is -0.147. The first-order valence-corrected chi connectivity index (χ1v) is 7.52. The van der Waals surface area contributed by atoms with Gasteiger partial charge in [0.15, 0.2) is 0 Å². The van der Waals surface area contributed by atoms with E-state index in [0.717, 1.165) is 18.4 Å². The largest absolute Gasteiger partial charge is 0.375 e. The molecule has 0 aromatic carbocycles. The summed E-state index contributed by atoms with van der Waals surface area (Å²) in [6.07, 6.45) is 8.27. The van der Waals surface area contributed by atoms with Crippen LogP contribution in [0.1, 0.15) is 66.2 Å². The molecule has 98 valence electrons. The molecular weight excluding hydrogens is 208 g/mol. The van der Waals surface area contributed by atoms with Crippen LogP contribution in [0.25, 0.3) is 0 Å². The zero-order valence-electron chi connectivity index (χ0n) is 12.0. The topological polar surface area (TPSA) is 9.23 Å². The average Bonchev–Trinajstić information content (AvgIpc) is 2.60. The summed E-state index contributed by atoms with van der Waals surface area (Å²) < 4.78 is 6.13. The standard InChI is InChI=1S/C16H28O/c1-14(2)8-5-9-15(3)12(14)6-10-16(4)13(15)7-11-17-16/h12-13H,5-11H2,1-4H3/t12-,13?,15+,16-/m0/s1. The molecule has 0 radical (unpaired) electrons. The summed E-state index contributed by atoms with van der Waals surface area (Å²) in [7, 11) is 0. The van der Waals surface area contributed by atoms with Crippen LogP contribution < -0.4 is 0 Å². The summed E-state index contributed by atoms with van der Waals surface area (Å²) >= 11 is 0. The molecule has 1 heteroatoms. The predicted molar refractivity (Wildman–Crippen MR) is 70.9 cm³/mol. The fourth-order valence-electron chi connectivity index (χ4n) is 5.82. The van der Waals surface area contributed by atoms with Crippen molar-refractivity contribution in [2.45, 2.75) is 71.8 Å². The lowest BCUT2D eigenvalue weighted by Crippen LogP contribution is -2.55. The van der Waals surface area contributed by atoms with Crippen LogP contribution in [0.2, 0.25) is 0 Å². The summed E-state index contributed by atoms with van der Waals surface area (Å²) in [5.41, 5.74) is 1.31. The molecule has 4 atom stereocenters. The predicted octanol–water partition coefficient (Wildman–Crippen LogP) is 4.41. The highest BCUT2D eigenvalue weighted by atomic mass is 16.5. The molecule has 1 unspecified atom stereocenters. The number of ether oxygens (including phenoxy) is 1. The van der Waals surface area contributed by atoms with Crippen LogP contribution in [-0.2, 0) is 4.74 Å². The Labute approximate surface area is 106 Å². The Morgan fingerprint density at radius 1 is 0.882 bits per heavy atom. The normalized spacial score (nSPS) is 52.9. The van der Waals surface area contributed by atoms with E-state index in [1.165, 1.54) is 38.5 Å². The van der Waals surface area contributed by atoms with Crippen LogP contribution in [-0.4, -0.2) is 12.2 Å². The van der Waals surface area contributed by atoms with Crippen LogP contribution in [0.15, 0.2) is 0 Å². The van der Waals surface area contributed by atoms with Crippen molar-refractivity contribution >= 4 is 0 Å². The van der Waals surface area contributed by atoms with Crippen molar-refractivity contribution in [3.63, 3.8) is 0 Å². The molecule has 0 amide bonds. The maximum Gasteiger partial charge on any atom is 0.0688 e. The molecule has 3 rings (SSSR count). The second-order valence-electron chi connectivity index (χ2n) is 7.94. The van der Waals surface area contributed by atoms with E-state index in [9.17, 15) is 0 Å². The Morgan fingerprint density at radius 3 is 2.41 bits per heavy atom. The van der Waals surface area contributed by atoms with Gasteiger partial charge in [-0.05, 0) is 61.7 Å². The van der Waals surface area contributed by atoms with Crippen molar-refractivity contribution in [3.8, 4) is 0 Å². The number of rotatable bonds is 0. The maximum atomic E-state index is 6.13. The molecule has 1 nitrogen and oxygen atoms in total. The molecule has 1 saturated heterocycles. The summed E-state index contributed by atoms with van der Waals surface area (Å²) in [5.74, 6) is 1.73. The third kappa shape index (κ3) is 1.54. The van der Waals surface area contributed by atoms with Gasteiger partial charge in [-0.1, -0.05) is 27.2 Å². The van der Waals surface area contributed by atoms with E-state index in [1.807, 2.05) is 0 Å². The first-order chi connectivity index (χ1) is 7.89. The molecule has 17 heavy (non-hydrogen) atoms. The van der Waals surface area contributed by atoms with Crippen molar-refractivity contribution in [2.24, 2.45) is 22.7 Å². The monoisotopic (exact) mass is 236 g/mol. The molecule has 0 bridgehead atoms. The highest BCUT2D eigenvalue weighted by Gasteiger charge is 2.60. The van der Waals surface area contributed by atoms with E-state index in [-0.39, 0.29) is 5.60 Å². The van der Waals surface area contributed by atoms with Gasteiger partial charge < -0.3 is 4.74 Å². The maximum absolute atomic E-state index is 6.13. The van der Waals surface area contributed by atoms with E-state index in [2.05, 4.69) is 27.7 Å². The fourth-order valence-corrected chi connectivity index (χ4v) is 5.82. The number of hydrogen-bond acceptors (Lipinski definition) is 1. The van der Waals surface area contributed by atoms with Crippen molar-refractivity contribution in [1.29, 1.82) is 0 Å². The molecule has 3 aliphatic rings. The number of hydrogen-bond donors (Lipinski definition) is 0. The van der Waals surface area contributed by atoms with Gasteiger partial charge in [-0.15, -0.1) is 0 Å². The fraction of sp³-hybridized carbons (Fsp3) is 1.00. The first-order valence-electron chi connectivity index (χ1n) is 7.52. The van der Waals surface area contributed by atoms with Gasteiger partial charge in [0, 0.05) is 6.61 Å². The van der Waals surface area contributed by atoms with Crippen molar-refractivity contribution in [2.75, 3.05) is 6.61 Å². The van der Waals surface area contributed by atoms with Crippen molar-refractivity contribution in [1.82, 2.24) is 0 Å². The summed E-state index contributed by atoms with van der Waals surface area (Å²) in [4.78, 5) is 0. The quantitative estimate of drug-likeness (QED) is 0.605. The Morgan fingerprint density at radius 2 is 1.65 bits per heavy atom. The van der Waals surface area contributed by atoms with E-state index in [4.69, 9.17) is 4.74 Å². The highest BCUT2D eigenvalue weighted by molar-refractivity contribution is 5.09. The van der Waals surface area contributed by atoms with Crippen LogP contribution in [0.3, 0.4) is 0 Å². The smallest absolute Gasteiger partial charge is 0.0688 e. The molecule has 1 heterocycles. The second kappa shape index (κ2) is 3.50. The minimum Gasteiger partial charge on any atom is -0.375 e. The Bertz CT molecular complexity index is 317. The van der Waals surface area contributed by atoms with Gasteiger partial charge in [0.2, 0.25) is 0 Å². The zero-order chi connectivity index (χ0) is 12.3. The summed E-state index contributed by atoms with van der Waals surface area (Å²) in [5, 5.41) is 0. The number of fused-ring (bicyclic) bond motifs is 3. The zero-order valence-corrected chi connectivity index (χ0v) is 12.0. The molecule has 2 aliphatic carbocycles. The average molecular weight is 236 g/mol. The van der Waals surface area contributed by atoms with E-state index < -0.39 is 0 Å². The lowest BCUT2D eigenvalue weighted by Gasteiger charge is -2.60. The van der Waals surface area contributed by atoms with Gasteiger partial charge in [0.25, 0.3) is 0 Å². The second-order valence-corrected chi connectivity index (χ2v) is 7.94. The van der Waals surface area contributed by atoms with Crippen LogP contribution in [0, 0.1) is 22.7 Å². The van der Waals surface area contributed by atoms with Crippen LogP contribution in [0.4, 0.5) is 0 Å². The van der Waals surface area contributed by atoms with E-state index >= 15 is 0 Å². The van der Waals surface area contributed by atoms with E-state index in [0.29, 0.717) is 10.8 Å². The third-order valence-electron chi connectivity index (χ3n) is 6.58. The van der Waals surface area contributed by atoms with Gasteiger partial charge in [-0.3, -0.25) is 0 Å². The lowest BCUT2D eigenvalue weighted by atomic mass is 9.46. The molecule has 0 aromatic heterocycles. The molecule has 1 aliphatic heterocycles. The SMILES string of the molecule is CC1(C)CCC[C@@]2(C)C3CCO[C@@]3(C)CC[C@@H]12. The third-order valence-corrected chi connectivity index (χ3v) is 6.58. The molecule has 2 saturated carbocycles. The summed E-state index contributed by atoms with van der Waals surface area (Å²) in [6, 6.07) is 0. The Balaban J connectivity index is 1.98. The molecule has 0 aromatic rings. The molecule has 0 N–H and O–H groups in total. The van der Waals surface area contributed by atoms with Gasteiger partial charge >= 0.3 is 0 Å². The minimum absolute atomic E-state index is 0.207. The highest BCUT2D eigenvalue weighted by Crippen LogP contribution is 2.64. The van der Waals surface area contributed by atoms with E-state index in [1.54, 1.807) is 0 Å². The summed E-state index contributed by atoms with van der Waals surface area (Å²) in [6.45, 7) is 11.0. The molecular formula is C16H28O. The molecule has 0 spiro atoms. The first kappa shape index (κ1) is 12.0. The Kier molecular flexibility index (Phi) is 2.47. The minimum atomic E-state index is 0.207. The van der Waals surface area contributed by atoms with Crippen LogP contribution in [0.5, 0.6) is 0 Å². The van der Waals surface area contributed by atoms with Crippen molar-refractivity contribution < 1.29 is 4.74 Å². The van der Waals surface area contributed by atoms with Gasteiger partial charge in [0.1, 0.15) is 0 Å². The Hall–Kier alpha value is -0.0400. The van der Waals surface area contributed by atoms with Gasteiger partial charge in [0.05, 0.1) is 5.60 Å². The molecule has 3 fully saturated rings. The van der Waals surface area contributed by atoms with Gasteiger partial charge in [-0.25, -0.2) is 0 Å². The van der Waals surface area contributed by atoms with Crippen LogP contribution >= 0.6 is 0 Å². The van der Waals surface area contributed by atoms with Gasteiger partial charge in [-0.2, -0.15) is 0 Å². The van der Waals surface area contributed by atoms with Crippen molar-refractivity contribution in [3.05, 3.63) is 0 Å².